The first kappa shape index (κ1) is 18.0. The largest absolute Gasteiger partial charge is 0.438 e. The van der Waals surface area contributed by atoms with Crippen molar-refractivity contribution in [2.45, 2.75) is 47.0 Å². The third-order valence-corrected chi connectivity index (χ3v) is 3.90. The average molecular weight is 326 g/mol. The van der Waals surface area contributed by atoms with Gasteiger partial charge in [-0.3, -0.25) is 4.79 Å². The van der Waals surface area contributed by atoms with E-state index in [4.69, 9.17) is 4.74 Å². The van der Waals surface area contributed by atoms with Gasteiger partial charge in [0.2, 0.25) is 5.88 Å². The number of hydrogen-bond donors (Lipinski definition) is 1. The number of aromatic nitrogens is 1. The highest BCUT2D eigenvalue weighted by atomic mass is 16.5. The van der Waals surface area contributed by atoms with E-state index >= 15 is 0 Å². The molecule has 0 aliphatic heterocycles. The van der Waals surface area contributed by atoms with Crippen LogP contribution in [0.5, 0.6) is 11.6 Å². The van der Waals surface area contributed by atoms with E-state index in [0.29, 0.717) is 11.4 Å². The van der Waals surface area contributed by atoms with Crippen molar-refractivity contribution < 1.29 is 9.53 Å². The van der Waals surface area contributed by atoms with Gasteiger partial charge in [-0.25, -0.2) is 4.98 Å². The third-order valence-electron chi connectivity index (χ3n) is 3.90. The molecule has 0 saturated heterocycles. The maximum Gasteiger partial charge on any atom is 0.256 e. The Hall–Kier alpha value is -2.36. The molecule has 1 N–H and O–H groups in total. The number of aryl methyl sites for hydroxylation is 3. The number of carbonyl (C=O) groups is 1. The monoisotopic (exact) mass is 326 g/mol. The van der Waals surface area contributed by atoms with E-state index in [2.05, 4.69) is 50.1 Å². The van der Waals surface area contributed by atoms with Crippen LogP contribution >= 0.6 is 0 Å². The zero-order valence-electron chi connectivity index (χ0n) is 15.6. The van der Waals surface area contributed by atoms with E-state index in [1.54, 1.807) is 13.1 Å². The minimum atomic E-state index is -0.208. The predicted molar refractivity (Wildman–Crippen MR) is 97.1 cm³/mol. The minimum Gasteiger partial charge on any atom is -0.438 e. The molecule has 0 fully saturated rings. The molecule has 128 valence electrons. The van der Waals surface area contributed by atoms with Gasteiger partial charge in [-0.15, -0.1) is 0 Å². The maximum atomic E-state index is 12.2. The zero-order chi connectivity index (χ0) is 18.1. The molecule has 0 aliphatic carbocycles. The predicted octanol–water partition coefficient (Wildman–Crippen LogP) is 4.46. The summed E-state index contributed by atoms with van der Waals surface area (Å²) in [5.74, 6) is 0.890. The molecule has 4 nitrogen and oxygen atoms in total. The molecule has 1 aromatic carbocycles. The highest BCUT2D eigenvalue weighted by Gasteiger charge is 2.21. The molecule has 0 aliphatic rings. The van der Waals surface area contributed by atoms with Gasteiger partial charge in [-0.05, 0) is 44.0 Å². The SMILES string of the molecule is CNC(=O)c1ccc(C(C)(C)C)nc1Oc1c(C)cc(C)cc1C. The molecule has 0 atom stereocenters. The Bertz CT molecular complexity index is 751. The lowest BCUT2D eigenvalue weighted by atomic mass is 9.91. The Balaban J connectivity index is 2.57. The maximum absolute atomic E-state index is 12.2. The normalized spacial score (nSPS) is 11.3. The number of amides is 1. The van der Waals surface area contributed by atoms with Crippen LogP contribution in [0.3, 0.4) is 0 Å². The van der Waals surface area contributed by atoms with E-state index in [1.165, 1.54) is 5.56 Å². The number of hydrogen-bond acceptors (Lipinski definition) is 3. The summed E-state index contributed by atoms with van der Waals surface area (Å²) in [6.45, 7) is 12.3. The van der Waals surface area contributed by atoms with Crippen LogP contribution in [0.4, 0.5) is 0 Å². The Morgan fingerprint density at radius 2 is 1.67 bits per heavy atom. The summed E-state index contributed by atoms with van der Waals surface area (Å²) in [5.41, 5.74) is 4.42. The van der Waals surface area contributed by atoms with Crippen LogP contribution in [0.15, 0.2) is 24.3 Å². The second kappa shape index (κ2) is 6.63. The zero-order valence-corrected chi connectivity index (χ0v) is 15.6. The van der Waals surface area contributed by atoms with E-state index in [1.807, 2.05) is 19.9 Å². The van der Waals surface area contributed by atoms with Gasteiger partial charge in [0.1, 0.15) is 11.3 Å². The van der Waals surface area contributed by atoms with Crippen LogP contribution in [0.2, 0.25) is 0 Å². The first-order valence-corrected chi connectivity index (χ1v) is 8.12. The molecular weight excluding hydrogens is 300 g/mol. The number of nitrogens with one attached hydrogen (secondary N) is 1. The number of nitrogens with zero attached hydrogens (tertiary/aromatic N) is 1. The summed E-state index contributed by atoms with van der Waals surface area (Å²) < 4.78 is 6.11. The average Bonchev–Trinajstić information content (AvgIpc) is 2.49. The second-order valence-corrected chi connectivity index (χ2v) is 7.21. The summed E-state index contributed by atoms with van der Waals surface area (Å²) in [6.07, 6.45) is 0. The third kappa shape index (κ3) is 3.75. The van der Waals surface area contributed by atoms with Crippen LogP contribution < -0.4 is 10.1 Å². The van der Waals surface area contributed by atoms with Crippen LogP contribution in [0.1, 0.15) is 53.5 Å². The number of benzene rings is 1. The quantitative estimate of drug-likeness (QED) is 0.906. The molecule has 2 rings (SSSR count). The van der Waals surface area contributed by atoms with E-state index in [-0.39, 0.29) is 11.3 Å². The van der Waals surface area contributed by atoms with Gasteiger partial charge in [0.05, 0.1) is 0 Å². The van der Waals surface area contributed by atoms with Crippen molar-refractivity contribution in [3.05, 3.63) is 52.2 Å². The molecule has 0 saturated carbocycles. The molecule has 0 unspecified atom stereocenters. The Morgan fingerprint density at radius 3 is 2.17 bits per heavy atom. The number of ether oxygens (including phenoxy) is 1. The van der Waals surface area contributed by atoms with Gasteiger partial charge in [-0.2, -0.15) is 0 Å². The van der Waals surface area contributed by atoms with E-state index < -0.39 is 0 Å². The van der Waals surface area contributed by atoms with Crippen molar-refractivity contribution in [1.29, 1.82) is 0 Å². The van der Waals surface area contributed by atoms with Gasteiger partial charge in [0.25, 0.3) is 5.91 Å². The lowest BCUT2D eigenvalue weighted by Crippen LogP contribution is -2.21. The molecule has 4 heteroatoms. The van der Waals surface area contributed by atoms with Crippen molar-refractivity contribution >= 4 is 5.91 Å². The number of rotatable bonds is 3. The Kier molecular flexibility index (Phi) is 4.97. The molecular formula is C20H26N2O2. The molecule has 1 amide bonds. The first-order valence-electron chi connectivity index (χ1n) is 8.12. The fraction of sp³-hybridized carbons (Fsp3) is 0.400. The minimum absolute atomic E-state index is 0.128. The van der Waals surface area contributed by atoms with Crippen LogP contribution in [-0.2, 0) is 5.41 Å². The lowest BCUT2D eigenvalue weighted by Gasteiger charge is -2.20. The second-order valence-electron chi connectivity index (χ2n) is 7.21. The van der Waals surface area contributed by atoms with Crippen molar-refractivity contribution in [2.24, 2.45) is 0 Å². The van der Waals surface area contributed by atoms with Crippen molar-refractivity contribution in [2.75, 3.05) is 7.05 Å². The van der Waals surface area contributed by atoms with Gasteiger partial charge < -0.3 is 10.1 Å². The molecule has 1 aromatic heterocycles. The fourth-order valence-corrected chi connectivity index (χ4v) is 2.67. The number of carbonyl (C=O) groups excluding carboxylic acids is 1. The smallest absolute Gasteiger partial charge is 0.256 e. The molecule has 2 aromatic rings. The van der Waals surface area contributed by atoms with Crippen molar-refractivity contribution in [1.82, 2.24) is 10.3 Å². The van der Waals surface area contributed by atoms with Gasteiger partial charge in [0.15, 0.2) is 0 Å². The van der Waals surface area contributed by atoms with Crippen molar-refractivity contribution in [3.63, 3.8) is 0 Å². The van der Waals surface area contributed by atoms with Crippen molar-refractivity contribution in [3.8, 4) is 11.6 Å². The van der Waals surface area contributed by atoms with E-state index in [0.717, 1.165) is 22.6 Å². The summed E-state index contributed by atoms with van der Waals surface area (Å²) in [7, 11) is 1.60. The molecule has 0 spiro atoms. The molecule has 24 heavy (non-hydrogen) atoms. The Labute approximate surface area is 144 Å². The van der Waals surface area contributed by atoms with Gasteiger partial charge in [0, 0.05) is 18.2 Å². The lowest BCUT2D eigenvalue weighted by molar-refractivity contribution is 0.0960. The van der Waals surface area contributed by atoms with Gasteiger partial charge >= 0.3 is 0 Å². The molecule has 0 bridgehead atoms. The Morgan fingerprint density at radius 1 is 1.08 bits per heavy atom. The highest BCUT2D eigenvalue weighted by molar-refractivity contribution is 5.96. The molecule has 1 heterocycles. The topological polar surface area (TPSA) is 51.2 Å². The summed E-state index contributed by atoms with van der Waals surface area (Å²) in [6, 6.07) is 7.79. The molecule has 0 radical (unpaired) electrons. The fourth-order valence-electron chi connectivity index (χ4n) is 2.67. The van der Waals surface area contributed by atoms with Crippen LogP contribution in [-0.4, -0.2) is 17.9 Å². The highest BCUT2D eigenvalue weighted by Crippen LogP contribution is 2.32. The van der Waals surface area contributed by atoms with Gasteiger partial charge in [-0.1, -0.05) is 38.5 Å². The summed E-state index contributed by atoms with van der Waals surface area (Å²) in [4.78, 5) is 16.8. The number of pyridine rings is 1. The first-order chi connectivity index (χ1) is 11.1. The van der Waals surface area contributed by atoms with Crippen LogP contribution in [0.25, 0.3) is 0 Å². The summed E-state index contributed by atoms with van der Waals surface area (Å²) >= 11 is 0. The summed E-state index contributed by atoms with van der Waals surface area (Å²) in [5, 5.41) is 2.65. The standard InChI is InChI=1S/C20H26N2O2/c1-12-10-13(2)17(14(3)11-12)24-19-15(18(23)21-7)8-9-16(22-19)20(4,5)6/h8-11H,1-7H3,(H,21,23). The van der Waals surface area contributed by atoms with E-state index in [9.17, 15) is 4.79 Å². The van der Waals surface area contributed by atoms with Crippen LogP contribution in [0, 0.1) is 20.8 Å².